The Morgan fingerprint density at radius 2 is 1.01 bits per heavy atom. The zero-order chi connectivity index (χ0) is 50.6. The van der Waals surface area contributed by atoms with Gasteiger partial charge in [0.2, 0.25) is 0 Å². The number of carbonyl (C=O) groups is 2. The van der Waals surface area contributed by atoms with Crippen molar-refractivity contribution < 1.29 is 49.0 Å². The van der Waals surface area contributed by atoms with E-state index < -0.39 is 49.2 Å². The molecule has 2 saturated carbocycles. The summed E-state index contributed by atoms with van der Waals surface area (Å²) in [6.45, 7) is 1.98. The average molecular weight is 1000 g/mol. The second-order valence-electron chi connectivity index (χ2n) is 18.2. The average Bonchev–Trinajstić information content (AvgIpc) is 4.29. The van der Waals surface area contributed by atoms with Crippen LogP contribution >= 0.6 is 0 Å². The zero-order valence-electron chi connectivity index (χ0n) is 40.0. The molecule has 7 N–H and O–H groups in total. The predicted octanol–water partition coefficient (Wildman–Crippen LogP) is 9.03. The second kappa shape index (κ2) is 26.3. The van der Waals surface area contributed by atoms with Crippen LogP contribution < -0.4 is 10.8 Å². The predicted molar refractivity (Wildman–Crippen MR) is 276 cm³/mol. The van der Waals surface area contributed by atoms with Crippen molar-refractivity contribution in [2.75, 3.05) is 0 Å². The maximum absolute atomic E-state index is 13.6. The minimum absolute atomic E-state index is 0. The number of aliphatic hydroxyl groups is 4. The van der Waals surface area contributed by atoms with Gasteiger partial charge in [0.1, 0.15) is 11.6 Å². The van der Waals surface area contributed by atoms with Crippen LogP contribution in [0.2, 0.25) is 0 Å². The number of hydrogen-bond donors (Lipinski definition) is 6. The van der Waals surface area contributed by atoms with Crippen molar-refractivity contribution in [3.63, 3.8) is 0 Å². The van der Waals surface area contributed by atoms with Gasteiger partial charge in [-0.05, 0) is 85.7 Å². The molecule has 0 radical (unpaired) electrons. The summed E-state index contributed by atoms with van der Waals surface area (Å²) < 4.78 is 27.1. The summed E-state index contributed by atoms with van der Waals surface area (Å²) in [7, 11) is 0. The van der Waals surface area contributed by atoms with Crippen LogP contribution in [0.5, 0.6) is 0 Å². The first-order valence-electron chi connectivity index (χ1n) is 23.8. The number of fused-ring (bicyclic) bond motifs is 2. The monoisotopic (exact) mass is 1000 g/mol. The molecule has 0 amide bonds. The Bertz CT molecular complexity index is 2800. The van der Waals surface area contributed by atoms with E-state index in [9.17, 15) is 43.9 Å². The first kappa shape index (κ1) is 55.6. The Kier molecular flexibility index (Phi) is 20.3. The first-order valence-corrected chi connectivity index (χ1v) is 23.8. The zero-order valence-corrected chi connectivity index (χ0v) is 42.2. The molecular weight excluding hydrogens is 945 g/mol. The summed E-state index contributed by atoms with van der Waals surface area (Å²) in [5, 5.41) is 61.5. The van der Waals surface area contributed by atoms with E-state index in [0.717, 1.165) is 92.3 Å². The van der Waals surface area contributed by atoms with E-state index in [2.05, 4.69) is 0 Å². The van der Waals surface area contributed by atoms with E-state index in [-0.39, 0.29) is 68.3 Å². The van der Waals surface area contributed by atoms with Crippen LogP contribution in [0.4, 0.5) is 8.78 Å². The molecule has 0 aliphatic heterocycles. The molecule has 11 nitrogen and oxygen atoms in total. The van der Waals surface area contributed by atoms with Crippen LogP contribution in [0.3, 0.4) is 0 Å². The van der Waals surface area contributed by atoms with Gasteiger partial charge in [0.15, 0.2) is 0 Å². The summed E-state index contributed by atoms with van der Waals surface area (Å²) in [6.07, 6.45) is 5.31. The van der Waals surface area contributed by atoms with E-state index >= 15 is 0 Å². The Labute approximate surface area is 447 Å². The van der Waals surface area contributed by atoms with Crippen LogP contribution in [0.25, 0.3) is 56.2 Å². The van der Waals surface area contributed by atoms with Crippen LogP contribution in [0.15, 0.2) is 140 Å². The number of para-hydroxylation sites is 2. The number of nitrogens with two attached hydrogens (primary N) is 1. The first-order chi connectivity index (χ1) is 34.1. The molecule has 2 heterocycles. The summed E-state index contributed by atoms with van der Waals surface area (Å²) in [6, 6.07) is 38.4. The van der Waals surface area contributed by atoms with Crippen molar-refractivity contribution in [1.82, 2.24) is 9.97 Å². The van der Waals surface area contributed by atoms with Crippen molar-refractivity contribution in [3.8, 4) is 22.3 Å². The maximum atomic E-state index is 13.6. The molecule has 9 rings (SSSR count). The fraction of sp³-hybridized carbons (Fsp3) is 0.276. The molecule has 0 spiro atoms. The van der Waals surface area contributed by atoms with Gasteiger partial charge in [-0.2, -0.15) is 0 Å². The molecule has 7 aromatic rings. The van der Waals surface area contributed by atoms with Gasteiger partial charge in [0.05, 0.1) is 53.3 Å². The molecule has 368 valence electrons. The van der Waals surface area contributed by atoms with E-state index in [0.29, 0.717) is 11.8 Å². The number of hydrogen-bond acceptors (Lipinski definition) is 10. The van der Waals surface area contributed by atoms with E-state index in [4.69, 9.17) is 20.8 Å². The minimum Gasteiger partial charge on any atom is -0.550 e. The molecule has 2 aliphatic rings. The van der Waals surface area contributed by atoms with Gasteiger partial charge in [0.25, 0.3) is 0 Å². The summed E-state index contributed by atoms with van der Waals surface area (Å²) >= 11 is 0. The second-order valence-corrected chi connectivity index (χ2v) is 18.2. The fourth-order valence-electron chi connectivity index (χ4n) is 8.47. The number of carboxylic acid groups (broad SMARTS) is 2. The molecule has 14 heteroatoms. The summed E-state index contributed by atoms with van der Waals surface area (Å²) in [5.74, 6) is -2.46. The number of carboxylic acids is 2. The molecule has 2 aromatic heterocycles. The third kappa shape index (κ3) is 15.6. The molecular formula is C58H58CaF2N3O8+. The molecule has 2 fully saturated rings. The maximum Gasteiger partial charge on any atom is 2.00 e. The van der Waals surface area contributed by atoms with Crippen LogP contribution in [0, 0.1) is 11.6 Å². The van der Waals surface area contributed by atoms with Gasteiger partial charge in [0, 0.05) is 76.1 Å². The third-order valence-corrected chi connectivity index (χ3v) is 12.2. The third-order valence-electron chi connectivity index (χ3n) is 12.2. The number of nitrogens with zero attached hydrogens (tertiary/aromatic N) is 2. The SMILES string of the molecule is CC(N)c1ccccc1.O=C(O)C[C@H](O)C[C@H](O)/C=C/c1c(C2CC2)nc2ccccc2c1-c1ccc(F)cc1.O=C([O-])C[C@H](O)C[C@H](O)/C=C/c1c(C2CC2)nc2ccccc2c1-c1ccc(F)cc1.[Ca+2]. The van der Waals surface area contributed by atoms with Crippen molar-refractivity contribution in [3.05, 3.63) is 179 Å². The van der Waals surface area contributed by atoms with Crippen LogP contribution in [-0.4, -0.2) is 110 Å². The van der Waals surface area contributed by atoms with Gasteiger partial charge < -0.3 is 41.2 Å². The minimum atomic E-state index is -1.36. The Morgan fingerprint density at radius 3 is 1.38 bits per heavy atom. The number of aliphatic hydroxyl groups excluding tert-OH is 4. The molecule has 0 saturated heterocycles. The van der Waals surface area contributed by atoms with Gasteiger partial charge >= 0.3 is 43.7 Å². The van der Waals surface area contributed by atoms with Crippen LogP contribution in [0.1, 0.15) is 104 Å². The summed E-state index contributed by atoms with van der Waals surface area (Å²) in [5.41, 5.74) is 15.6. The van der Waals surface area contributed by atoms with Crippen molar-refractivity contribution in [2.45, 2.75) is 101 Å². The molecule has 5 atom stereocenters. The standard InChI is InChI=1S/2C25H24FNO4.C8H11N.Ca/c2*26-17-9-7-15(8-10-17)24-20-3-1-2-4-22(20)27-25(16-5-6-16)21(24)12-11-18(28)13-19(29)14-23(30)31;1-7(9)8-5-3-2-4-6-8;/h2*1-4,7-12,16,18-19,28-29H,5-6,13-14H2,(H,30,31);2-7H,9H2,1H3;/q;;;+2/p-1/b2*12-11+;;/t2*18-,19-;;/m11../s1. The number of aromatic nitrogens is 2. The number of rotatable bonds is 17. The van der Waals surface area contributed by atoms with Crippen molar-refractivity contribution >= 4 is 83.6 Å². The smallest absolute Gasteiger partial charge is 0.550 e. The normalized spacial score (nSPS) is 15.4. The summed E-state index contributed by atoms with van der Waals surface area (Å²) in [4.78, 5) is 31.2. The number of carbonyl (C=O) groups excluding carboxylic acids is 1. The van der Waals surface area contributed by atoms with E-state index in [1.54, 1.807) is 48.6 Å². The Hall–Kier alpha value is -5.74. The number of benzene rings is 5. The molecule has 1 unspecified atom stereocenters. The van der Waals surface area contributed by atoms with Crippen molar-refractivity contribution in [1.29, 1.82) is 0 Å². The molecule has 0 bridgehead atoms. The van der Waals surface area contributed by atoms with Gasteiger partial charge in [-0.25, -0.2) is 8.78 Å². The number of halogens is 2. The molecule has 72 heavy (non-hydrogen) atoms. The quantitative estimate of drug-likeness (QED) is 0.0474. The van der Waals surface area contributed by atoms with Crippen LogP contribution in [-0.2, 0) is 9.59 Å². The van der Waals surface area contributed by atoms with Crippen molar-refractivity contribution in [2.24, 2.45) is 5.73 Å². The Morgan fingerprint density at radius 1 is 0.625 bits per heavy atom. The molecule has 5 aromatic carbocycles. The van der Waals surface area contributed by atoms with E-state index in [1.165, 1.54) is 29.8 Å². The largest absolute Gasteiger partial charge is 2.00 e. The topological polar surface area (TPSA) is 210 Å². The van der Waals surface area contributed by atoms with Gasteiger partial charge in [-0.15, -0.1) is 0 Å². The van der Waals surface area contributed by atoms with E-state index in [1.807, 2.05) is 85.8 Å². The Balaban J connectivity index is 0.000000198. The number of aliphatic carboxylic acids is 2. The van der Waals surface area contributed by atoms with Gasteiger partial charge in [-0.1, -0.05) is 115 Å². The fourth-order valence-corrected chi connectivity index (χ4v) is 8.47. The van der Waals surface area contributed by atoms with Gasteiger partial charge in [-0.3, -0.25) is 14.8 Å². The number of pyridine rings is 2. The molecule has 2 aliphatic carbocycles.